The molecule has 3 aromatic rings. The van der Waals surface area contributed by atoms with Crippen molar-refractivity contribution in [2.75, 3.05) is 7.05 Å². The molecule has 6 aliphatic rings. The van der Waals surface area contributed by atoms with Crippen molar-refractivity contribution >= 4 is 0 Å². The summed E-state index contributed by atoms with van der Waals surface area (Å²) >= 11 is 0. The fraction of sp³-hybridized carbons (Fsp3) is 0.333. The van der Waals surface area contributed by atoms with E-state index >= 15 is 0 Å². The van der Waals surface area contributed by atoms with Crippen LogP contribution in [-0.2, 0) is 10.8 Å². The minimum absolute atomic E-state index is 0.0248. The molecule has 0 fully saturated rings. The SMILES string of the molecule is CC1C=C(C2=CC=CCC2)C=CC1C1NC(C2=CCC3C(=C2)C(C)(C)c2ccccc23)=CC(c2ccc3c(c2)C(C)(C)c2ccccc2-3)N1C. The summed E-state index contributed by atoms with van der Waals surface area (Å²) in [6.07, 6.45) is 25.2. The van der Waals surface area contributed by atoms with E-state index in [-0.39, 0.29) is 23.0 Å². The van der Waals surface area contributed by atoms with E-state index < -0.39 is 0 Å². The summed E-state index contributed by atoms with van der Waals surface area (Å²) in [5.74, 6) is 1.21. The molecule has 252 valence electrons. The first-order valence-corrected chi connectivity index (χ1v) is 18.9. The van der Waals surface area contributed by atoms with Crippen LogP contribution in [0.25, 0.3) is 11.1 Å². The van der Waals surface area contributed by atoms with Gasteiger partial charge in [-0.05, 0) is 94.0 Å². The third-order valence-electron chi connectivity index (χ3n) is 13.1. The first-order valence-electron chi connectivity index (χ1n) is 18.9. The van der Waals surface area contributed by atoms with Crippen LogP contribution >= 0.6 is 0 Å². The largest absolute Gasteiger partial charge is 0.369 e. The molecular formula is C48H50N2. The number of hydrogen-bond donors (Lipinski definition) is 1. The van der Waals surface area contributed by atoms with E-state index in [4.69, 9.17) is 0 Å². The van der Waals surface area contributed by atoms with Crippen LogP contribution in [0, 0.1) is 11.8 Å². The Hall–Kier alpha value is -4.40. The summed E-state index contributed by atoms with van der Waals surface area (Å²) in [5, 5.41) is 4.15. The lowest BCUT2D eigenvalue weighted by Gasteiger charge is -2.45. The predicted octanol–water partition coefficient (Wildman–Crippen LogP) is 11.1. The lowest BCUT2D eigenvalue weighted by atomic mass is 9.76. The Balaban J connectivity index is 1.11. The first-order chi connectivity index (χ1) is 24.1. The summed E-state index contributed by atoms with van der Waals surface area (Å²) < 4.78 is 0. The van der Waals surface area contributed by atoms with Crippen LogP contribution in [-0.4, -0.2) is 18.1 Å². The van der Waals surface area contributed by atoms with Crippen LogP contribution in [0.1, 0.15) is 93.7 Å². The number of benzene rings is 3. The van der Waals surface area contributed by atoms with Crippen molar-refractivity contribution in [2.45, 2.75) is 82.8 Å². The fourth-order valence-corrected chi connectivity index (χ4v) is 10.2. The summed E-state index contributed by atoms with van der Waals surface area (Å²) in [6, 6.07) is 25.6. The van der Waals surface area contributed by atoms with Gasteiger partial charge in [0, 0.05) is 28.4 Å². The van der Waals surface area contributed by atoms with Crippen molar-refractivity contribution in [3.05, 3.63) is 177 Å². The van der Waals surface area contributed by atoms with Gasteiger partial charge < -0.3 is 5.32 Å². The standard InChI is InChI=1S/C48H50N2/c1-30-26-32(31-14-8-7-9-15-31)20-23-35(30)46-49-44(33-21-24-38-36-16-10-12-18-40(36)47(2,3)42(38)27-33)29-45(50(46)6)34-22-25-39-37-17-11-13-19-41(37)48(4,5)43(39)28-34/h7-8,10-14,16-23,25-30,35,38,45-46,49H,9,15,24H2,1-6H3. The zero-order valence-electron chi connectivity index (χ0n) is 30.5. The van der Waals surface area contributed by atoms with Gasteiger partial charge in [0.1, 0.15) is 0 Å². The van der Waals surface area contributed by atoms with Crippen molar-refractivity contribution in [2.24, 2.45) is 11.8 Å². The maximum absolute atomic E-state index is 4.15. The highest BCUT2D eigenvalue weighted by Gasteiger charge is 2.43. The van der Waals surface area contributed by atoms with Gasteiger partial charge in [-0.2, -0.15) is 0 Å². The lowest BCUT2D eigenvalue weighted by molar-refractivity contribution is 0.113. The molecule has 1 N–H and O–H groups in total. The zero-order chi connectivity index (χ0) is 34.4. The molecule has 0 amide bonds. The van der Waals surface area contributed by atoms with Crippen LogP contribution in [0.5, 0.6) is 0 Å². The Morgan fingerprint density at radius 3 is 2.40 bits per heavy atom. The van der Waals surface area contributed by atoms with Crippen LogP contribution < -0.4 is 5.32 Å². The van der Waals surface area contributed by atoms with Crippen molar-refractivity contribution in [3.63, 3.8) is 0 Å². The first kappa shape index (κ1) is 31.6. The smallest absolute Gasteiger partial charge is 0.0868 e. The number of likely N-dealkylation sites (N-methyl/N-ethyl adjacent to an activating group) is 1. The van der Waals surface area contributed by atoms with Crippen molar-refractivity contribution in [1.82, 2.24) is 10.2 Å². The molecule has 0 saturated heterocycles. The van der Waals surface area contributed by atoms with Crippen molar-refractivity contribution < 1.29 is 0 Å². The van der Waals surface area contributed by atoms with E-state index in [1.807, 2.05) is 0 Å². The van der Waals surface area contributed by atoms with Crippen LogP contribution in [0.2, 0.25) is 0 Å². The normalized spacial score (nSPS) is 28.6. The quantitative estimate of drug-likeness (QED) is 0.301. The second-order valence-corrected chi connectivity index (χ2v) is 16.6. The van der Waals surface area contributed by atoms with E-state index in [9.17, 15) is 0 Å². The number of allylic oxidation sites excluding steroid dienone is 10. The Morgan fingerprint density at radius 2 is 1.60 bits per heavy atom. The number of rotatable bonds is 4. The summed E-state index contributed by atoms with van der Waals surface area (Å²) in [5.41, 5.74) is 17.0. The summed E-state index contributed by atoms with van der Waals surface area (Å²) in [4.78, 5) is 2.60. The molecule has 2 heteroatoms. The maximum atomic E-state index is 4.15. The van der Waals surface area contributed by atoms with Gasteiger partial charge in [-0.25, -0.2) is 0 Å². The highest BCUT2D eigenvalue weighted by Crippen LogP contribution is 2.54. The highest BCUT2D eigenvalue weighted by atomic mass is 15.3. The molecule has 0 aromatic heterocycles. The highest BCUT2D eigenvalue weighted by molar-refractivity contribution is 5.81. The molecule has 0 saturated carbocycles. The van der Waals surface area contributed by atoms with Crippen molar-refractivity contribution in [3.8, 4) is 11.1 Å². The minimum Gasteiger partial charge on any atom is -0.369 e. The molecule has 50 heavy (non-hydrogen) atoms. The molecule has 9 rings (SSSR count). The van der Waals surface area contributed by atoms with E-state index in [1.165, 1.54) is 61.4 Å². The molecule has 1 heterocycles. The maximum Gasteiger partial charge on any atom is 0.0868 e. The second-order valence-electron chi connectivity index (χ2n) is 16.6. The summed E-state index contributed by atoms with van der Waals surface area (Å²) in [6.45, 7) is 12.0. The molecular weight excluding hydrogens is 605 g/mol. The molecule has 2 nitrogen and oxygen atoms in total. The average molecular weight is 655 g/mol. The van der Waals surface area contributed by atoms with E-state index in [0.29, 0.717) is 17.8 Å². The Kier molecular flexibility index (Phi) is 7.31. The minimum atomic E-state index is -0.0292. The van der Waals surface area contributed by atoms with Gasteiger partial charge in [0.2, 0.25) is 0 Å². The van der Waals surface area contributed by atoms with Gasteiger partial charge in [-0.3, -0.25) is 4.90 Å². The molecule has 0 radical (unpaired) electrons. The second kappa shape index (κ2) is 11.6. The van der Waals surface area contributed by atoms with Gasteiger partial charge in [-0.1, -0.05) is 156 Å². The van der Waals surface area contributed by atoms with E-state index in [2.05, 4.69) is 173 Å². The monoisotopic (exact) mass is 654 g/mol. The number of nitrogens with one attached hydrogen (secondary N) is 1. The summed E-state index contributed by atoms with van der Waals surface area (Å²) in [7, 11) is 2.33. The molecule has 0 bridgehead atoms. The van der Waals surface area contributed by atoms with Gasteiger partial charge in [0.15, 0.2) is 0 Å². The number of hydrogen-bond acceptors (Lipinski definition) is 2. The Morgan fingerprint density at radius 1 is 0.820 bits per heavy atom. The molecule has 5 atom stereocenters. The van der Waals surface area contributed by atoms with Gasteiger partial charge in [0.05, 0.1) is 12.2 Å². The topological polar surface area (TPSA) is 15.3 Å². The zero-order valence-corrected chi connectivity index (χ0v) is 30.5. The van der Waals surface area contributed by atoms with E-state index in [1.54, 1.807) is 5.57 Å². The Bertz CT molecular complexity index is 2120. The predicted molar refractivity (Wildman–Crippen MR) is 209 cm³/mol. The third-order valence-corrected chi connectivity index (χ3v) is 13.1. The molecule has 1 aliphatic heterocycles. The molecule has 5 aliphatic carbocycles. The molecule has 5 unspecified atom stereocenters. The van der Waals surface area contributed by atoms with Crippen LogP contribution in [0.15, 0.2) is 149 Å². The molecule has 3 aromatic carbocycles. The third kappa shape index (κ3) is 4.78. The van der Waals surface area contributed by atoms with Gasteiger partial charge in [-0.15, -0.1) is 0 Å². The number of nitrogens with zero attached hydrogens (tertiary/aromatic N) is 1. The van der Waals surface area contributed by atoms with E-state index in [0.717, 1.165) is 19.3 Å². The van der Waals surface area contributed by atoms with Crippen LogP contribution in [0.4, 0.5) is 0 Å². The lowest BCUT2D eigenvalue weighted by Crippen LogP contribution is -2.53. The number of fused-ring (bicyclic) bond motifs is 6. The Labute approximate surface area is 299 Å². The van der Waals surface area contributed by atoms with Crippen molar-refractivity contribution in [1.29, 1.82) is 0 Å². The van der Waals surface area contributed by atoms with Crippen LogP contribution in [0.3, 0.4) is 0 Å². The average Bonchev–Trinajstić information content (AvgIpc) is 3.51. The van der Waals surface area contributed by atoms with Gasteiger partial charge in [0.25, 0.3) is 0 Å². The molecule has 0 spiro atoms. The van der Waals surface area contributed by atoms with Gasteiger partial charge >= 0.3 is 0 Å². The fourth-order valence-electron chi connectivity index (χ4n) is 10.2.